The van der Waals surface area contributed by atoms with E-state index in [1.807, 2.05) is 12.1 Å². The zero-order valence-electron chi connectivity index (χ0n) is 18.2. The summed E-state index contributed by atoms with van der Waals surface area (Å²) in [5, 5.41) is 11.3. The van der Waals surface area contributed by atoms with Gasteiger partial charge in [-0.2, -0.15) is 0 Å². The Morgan fingerprint density at radius 2 is 1.57 bits per heavy atom. The number of aliphatic hydroxyl groups is 1. The van der Waals surface area contributed by atoms with E-state index in [1.54, 1.807) is 28.4 Å². The average molecular weight is 416 g/mol. The topological polar surface area (TPSA) is 75.6 Å². The molecule has 0 amide bonds. The van der Waals surface area contributed by atoms with E-state index in [2.05, 4.69) is 13.8 Å². The standard InChI is InChI=1S/C23H28O7/c1-11-7-13-8-16-21(30-10-29-16)22(27-5)17(13)18-14(19(24)12(11)2)9-15(25-3)20(26-4)23(18)28-6/h8-9,11-12,19,24H,7,10H2,1-6H3/t11-,12?,19+/m1/s1. The molecule has 7 nitrogen and oxygen atoms in total. The minimum atomic E-state index is -0.730. The molecule has 2 aromatic rings. The Hall–Kier alpha value is -2.80. The fourth-order valence-electron chi connectivity index (χ4n) is 4.49. The van der Waals surface area contributed by atoms with Crippen LogP contribution >= 0.6 is 0 Å². The van der Waals surface area contributed by atoms with Gasteiger partial charge in [-0.15, -0.1) is 0 Å². The molecule has 1 heterocycles. The van der Waals surface area contributed by atoms with Crippen LogP contribution in [0.25, 0.3) is 11.1 Å². The lowest BCUT2D eigenvalue weighted by Gasteiger charge is -2.33. The van der Waals surface area contributed by atoms with Crippen molar-refractivity contribution < 1.29 is 33.5 Å². The lowest BCUT2D eigenvalue weighted by molar-refractivity contribution is 0.0863. The quantitative estimate of drug-likeness (QED) is 0.808. The molecule has 2 aliphatic rings. The summed E-state index contributed by atoms with van der Waals surface area (Å²) in [5.74, 6) is 3.40. The van der Waals surface area contributed by atoms with Crippen LogP contribution in [0.5, 0.6) is 34.5 Å². The highest BCUT2D eigenvalue weighted by Crippen LogP contribution is 2.57. The van der Waals surface area contributed by atoms with Crippen LogP contribution in [0.2, 0.25) is 0 Å². The highest BCUT2D eigenvalue weighted by molar-refractivity contribution is 5.88. The predicted molar refractivity (Wildman–Crippen MR) is 111 cm³/mol. The molecular weight excluding hydrogens is 388 g/mol. The molecular formula is C23H28O7. The molecule has 0 spiro atoms. The fourth-order valence-corrected chi connectivity index (χ4v) is 4.49. The van der Waals surface area contributed by atoms with Gasteiger partial charge in [-0.1, -0.05) is 13.8 Å². The van der Waals surface area contributed by atoms with Gasteiger partial charge in [-0.05, 0) is 41.5 Å². The second-order valence-corrected chi connectivity index (χ2v) is 7.77. The molecule has 1 unspecified atom stereocenters. The van der Waals surface area contributed by atoms with Crippen molar-refractivity contribution in [3.63, 3.8) is 0 Å². The van der Waals surface area contributed by atoms with Gasteiger partial charge in [0.1, 0.15) is 0 Å². The first-order valence-electron chi connectivity index (χ1n) is 9.97. The van der Waals surface area contributed by atoms with Crippen LogP contribution in [0.15, 0.2) is 12.1 Å². The molecule has 0 saturated heterocycles. The minimum Gasteiger partial charge on any atom is -0.493 e. The Morgan fingerprint density at radius 1 is 0.867 bits per heavy atom. The van der Waals surface area contributed by atoms with Gasteiger partial charge < -0.3 is 33.5 Å². The number of fused-ring (bicyclic) bond motifs is 4. The average Bonchev–Trinajstić information content (AvgIpc) is 3.23. The number of aliphatic hydroxyl groups excluding tert-OH is 1. The molecule has 0 fully saturated rings. The van der Waals surface area contributed by atoms with Gasteiger partial charge in [0.05, 0.1) is 34.5 Å². The second-order valence-electron chi connectivity index (χ2n) is 7.77. The SMILES string of the molecule is COc1cc2c(c(OC)c1OC)-c1c(cc3c(c1OC)OCO3)C[C@@H](C)C(C)[C@@H]2O. The Bertz CT molecular complexity index is 969. The molecule has 3 atom stereocenters. The second kappa shape index (κ2) is 7.80. The van der Waals surface area contributed by atoms with Crippen LogP contribution < -0.4 is 28.4 Å². The molecule has 0 saturated carbocycles. The van der Waals surface area contributed by atoms with Gasteiger partial charge >= 0.3 is 0 Å². The maximum Gasteiger partial charge on any atom is 0.231 e. The van der Waals surface area contributed by atoms with E-state index in [0.29, 0.717) is 45.6 Å². The van der Waals surface area contributed by atoms with E-state index in [-0.39, 0.29) is 18.6 Å². The molecule has 162 valence electrons. The van der Waals surface area contributed by atoms with E-state index >= 15 is 0 Å². The molecule has 1 aliphatic heterocycles. The van der Waals surface area contributed by atoms with Crippen LogP contribution in [-0.2, 0) is 6.42 Å². The summed E-state index contributed by atoms with van der Waals surface area (Å²) in [4.78, 5) is 0. The Kier molecular flexibility index (Phi) is 5.32. The smallest absolute Gasteiger partial charge is 0.231 e. The Labute approximate surface area is 176 Å². The summed E-state index contributed by atoms with van der Waals surface area (Å²) in [6.07, 6.45) is 0.00399. The normalized spacial score (nSPS) is 21.8. The first-order valence-corrected chi connectivity index (χ1v) is 9.97. The number of methoxy groups -OCH3 is 4. The first-order chi connectivity index (χ1) is 14.5. The van der Waals surface area contributed by atoms with Gasteiger partial charge in [-0.3, -0.25) is 0 Å². The third kappa shape index (κ3) is 2.91. The highest BCUT2D eigenvalue weighted by atomic mass is 16.7. The summed E-state index contributed by atoms with van der Waals surface area (Å²) < 4.78 is 34.2. The van der Waals surface area contributed by atoms with Crippen molar-refractivity contribution in [2.75, 3.05) is 35.2 Å². The van der Waals surface area contributed by atoms with Crippen LogP contribution in [-0.4, -0.2) is 40.3 Å². The van der Waals surface area contributed by atoms with Crippen LogP contribution in [0.4, 0.5) is 0 Å². The lowest BCUT2D eigenvalue weighted by Crippen LogP contribution is -2.22. The van der Waals surface area contributed by atoms with E-state index in [1.165, 1.54) is 0 Å². The number of hydrogen-bond donors (Lipinski definition) is 1. The van der Waals surface area contributed by atoms with E-state index in [9.17, 15) is 5.11 Å². The van der Waals surface area contributed by atoms with Gasteiger partial charge in [0.15, 0.2) is 23.0 Å². The molecule has 30 heavy (non-hydrogen) atoms. The number of benzene rings is 2. The van der Waals surface area contributed by atoms with Gasteiger partial charge in [-0.25, -0.2) is 0 Å². The van der Waals surface area contributed by atoms with E-state index in [0.717, 1.165) is 17.5 Å². The third-order valence-electron chi connectivity index (χ3n) is 6.27. The van der Waals surface area contributed by atoms with Crippen molar-refractivity contribution in [2.45, 2.75) is 26.4 Å². The van der Waals surface area contributed by atoms with Crippen LogP contribution in [0, 0.1) is 11.8 Å². The molecule has 1 aliphatic carbocycles. The molecule has 1 N–H and O–H groups in total. The molecule has 0 radical (unpaired) electrons. The lowest BCUT2D eigenvalue weighted by atomic mass is 9.76. The summed E-state index contributed by atoms with van der Waals surface area (Å²) >= 11 is 0. The van der Waals surface area contributed by atoms with Crippen LogP contribution in [0.1, 0.15) is 31.1 Å². The fraction of sp³-hybridized carbons (Fsp3) is 0.478. The van der Waals surface area contributed by atoms with Crippen molar-refractivity contribution in [1.29, 1.82) is 0 Å². The largest absolute Gasteiger partial charge is 0.493 e. The Morgan fingerprint density at radius 3 is 2.20 bits per heavy atom. The van der Waals surface area contributed by atoms with Gasteiger partial charge in [0, 0.05) is 11.1 Å². The van der Waals surface area contributed by atoms with Crippen molar-refractivity contribution in [1.82, 2.24) is 0 Å². The molecule has 4 rings (SSSR count). The van der Waals surface area contributed by atoms with Crippen molar-refractivity contribution in [3.8, 4) is 45.6 Å². The maximum atomic E-state index is 11.3. The summed E-state index contributed by atoms with van der Waals surface area (Å²) in [7, 11) is 6.31. The van der Waals surface area contributed by atoms with Crippen LogP contribution in [0.3, 0.4) is 0 Å². The number of hydrogen-bond acceptors (Lipinski definition) is 7. The van der Waals surface area contributed by atoms with Gasteiger partial charge in [0.2, 0.25) is 18.3 Å². The number of ether oxygens (including phenoxy) is 6. The third-order valence-corrected chi connectivity index (χ3v) is 6.27. The number of rotatable bonds is 4. The predicted octanol–water partition coefficient (Wildman–Crippen LogP) is 3.98. The van der Waals surface area contributed by atoms with Crippen molar-refractivity contribution in [3.05, 3.63) is 23.3 Å². The zero-order chi connectivity index (χ0) is 21.6. The highest BCUT2D eigenvalue weighted by Gasteiger charge is 2.37. The maximum absolute atomic E-state index is 11.3. The minimum absolute atomic E-state index is 0.00359. The van der Waals surface area contributed by atoms with Gasteiger partial charge in [0.25, 0.3) is 0 Å². The monoisotopic (exact) mass is 416 g/mol. The van der Waals surface area contributed by atoms with E-state index < -0.39 is 6.10 Å². The molecule has 0 bridgehead atoms. The molecule has 7 heteroatoms. The van der Waals surface area contributed by atoms with Crippen molar-refractivity contribution in [2.24, 2.45) is 11.8 Å². The molecule has 0 aromatic heterocycles. The summed E-state index contributed by atoms with van der Waals surface area (Å²) in [5.41, 5.74) is 3.26. The van der Waals surface area contributed by atoms with Crippen molar-refractivity contribution >= 4 is 0 Å². The van der Waals surface area contributed by atoms with E-state index in [4.69, 9.17) is 28.4 Å². The first kappa shape index (κ1) is 20.5. The summed E-state index contributed by atoms with van der Waals surface area (Å²) in [6.45, 7) is 4.33. The zero-order valence-corrected chi connectivity index (χ0v) is 18.2. The molecule has 2 aromatic carbocycles. The summed E-state index contributed by atoms with van der Waals surface area (Å²) in [6, 6.07) is 3.82. The Balaban J connectivity index is 2.16.